The lowest BCUT2D eigenvalue weighted by Gasteiger charge is -2.07. The fraction of sp³-hybridized carbons (Fsp3) is 0.120. The monoisotopic (exact) mass is 333 g/mol. The first-order valence-electron chi connectivity index (χ1n) is 9.40. The molecule has 0 aliphatic heterocycles. The Bertz CT molecular complexity index is 1340. The minimum absolute atomic E-state index is 0.986. The normalized spacial score (nSPS) is 12.8. The Morgan fingerprint density at radius 2 is 1.58 bits per heavy atom. The first-order chi connectivity index (χ1) is 12.8. The summed E-state index contributed by atoms with van der Waals surface area (Å²) in [5.41, 5.74) is 8.47. The maximum Gasteiger partial charge on any atom is 0.0570 e. The van der Waals surface area contributed by atoms with Crippen molar-refractivity contribution in [1.29, 1.82) is 0 Å². The molecule has 5 aromatic rings. The van der Waals surface area contributed by atoms with Gasteiger partial charge in [0.05, 0.1) is 5.52 Å². The summed E-state index contributed by atoms with van der Waals surface area (Å²) in [6.07, 6.45) is 1.05. The van der Waals surface area contributed by atoms with Crippen molar-refractivity contribution in [2.24, 2.45) is 0 Å². The quantitative estimate of drug-likeness (QED) is 0.322. The third-order valence-corrected chi connectivity index (χ3v) is 5.98. The zero-order valence-electron chi connectivity index (χ0n) is 14.8. The lowest BCUT2D eigenvalue weighted by atomic mass is 10.0. The van der Waals surface area contributed by atoms with Crippen molar-refractivity contribution in [3.05, 3.63) is 83.9 Å². The Morgan fingerprint density at radius 1 is 0.731 bits per heavy atom. The molecule has 26 heavy (non-hydrogen) atoms. The van der Waals surface area contributed by atoms with Crippen molar-refractivity contribution in [3.63, 3.8) is 0 Å². The van der Waals surface area contributed by atoms with Gasteiger partial charge in [0.25, 0.3) is 0 Å². The molecule has 0 radical (unpaired) electrons. The van der Waals surface area contributed by atoms with Crippen molar-refractivity contribution in [2.75, 3.05) is 0 Å². The van der Waals surface area contributed by atoms with Crippen LogP contribution in [0.15, 0.2) is 72.8 Å². The van der Waals surface area contributed by atoms with Crippen LogP contribution in [0.2, 0.25) is 0 Å². The van der Waals surface area contributed by atoms with E-state index in [1.807, 2.05) is 0 Å². The molecule has 0 saturated carbocycles. The largest absolute Gasteiger partial charge is 0.340 e. The predicted octanol–water partition coefficient (Wildman–Crippen LogP) is 6.54. The van der Waals surface area contributed by atoms with Crippen LogP contribution in [0.4, 0.5) is 0 Å². The molecule has 0 atom stereocenters. The van der Waals surface area contributed by atoms with Gasteiger partial charge in [-0.1, -0.05) is 60.7 Å². The van der Waals surface area contributed by atoms with Crippen LogP contribution in [0.25, 0.3) is 43.7 Å². The average molecular weight is 333 g/mol. The summed E-state index contributed by atoms with van der Waals surface area (Å²) in [4.78, 5) is 0. The van der Waals surface area contributed by atoms with Crippen molar-refractivity contribution < 1.29 is 0 Å². The maximum absolute atomic E-state index is 2.50. The van der Waals surface area contributed by atoms with Crippen molar-refractivity contribution >= 4 is 32.6 Å². The van der Waals surface area contributed by atoms with E-state index in [4.69, 9.17) is 0 Å². The van der Waals surface area contributed by atoms with Crippen LogP contribution in [0.5, 0.6) is 0 Å². The van der Waals surface area contributed by atoms with Crippen LogP contribution in [0.1, 0.15) is 18.1 Å². The van der Waals surface area contributed by atoms with E-state index in [0.29, 0.717) is 0 Å². The van der Waals surface area contributed by atoms with Crippen LogP contribution in [-0.4, -0.2) is 4.57 Å². The molecule has 0 amide bonds. The van der Waals surface area contributed by atoms with Gasteiger partial charge in [-0.25, -0.2) is 0 Å². The molecule has 1 aliphatic rings. The highest BCUT2D eigenvalue weighted by Crippen LogP contribution is 2.42. The third kappa shape index (κ3) is 1.70. The van der Waals surface area contributed by atoms with Crippen molar-refractivity contribution in [2.45, 2.75) is 19.9 Å². The smallest absolute Gasteiger partial charge is 0.0570 e. The molecule has 6 rings (SSSR count). The fourth-order valence-electron chi connectivity index (χ4n) is 4.82. The van der Waals surface area contributed by atoms with Gasteiger partial charge >= 0.3 is 0 Å². The summed E-state index contributed by atoms with van der Waals surface area (Å²) in [5, 5.41) is 5.41. The SMILES string of the molecule is CCn1c2cc3c(cc2c2ccc4ccccc4c21)-c1ccccc1C3. The summed E-state index contributed by atoms with van der Waals surface area (Å²) in [6.45, 7) is 3.24. The topological polar surface area (TPSA) is 4.93 Å². The maximum atomic E-state index is 2.50. The standard InChI is InChI=1S/C25H19N/c1-2-26-24-14-18-13-17-8-4-5-9-19(17)22(18)15-23(24)21-12-11-16-7-3-6-10-20(16)25(21)26/h3-12,14-15H,2,13H2,1H3. The summed E-state index contributed by atoms with van der Waals surface area (Å²) in [6, 6.07) is 27.0. The summed E-state index contributed by atoms with van der Waals surface area (Å²) in [7, 11) is 0. The number of benzene rings is 4. The minimum Gasteiger partial charge on any atom is -0.340 e. The fourth-order valence-corrected chi connectivity index (χ4v) is 4.82. The van der Waals surface area contributed by atoms with Gasteiger partial charge in [0.2, 0.25) is 0 Å². The second-order valence-electron chi connectivity index (χ2n) is 7.29. The van der Waals surface area contributed by atoms with Gasteiger partial charge in [-0.2, -0.15) is 0 Å². The molecule has 1 nitrogen and oxygen atoms in total. The highest BCUT2D eigenvalue weighted by Gasteiger charge is 2.21. The van der Waals surface area contributed by atoms with E-state index in [1.165, 1.54) is 54.8 Å². The van der Waals surface area contributed by atoms with E-state index in [9.17, 15) is 0 Å². The van der Waals surface area contributed by atoms with E-state index in [1.54, 1.807) is 0 Å². The zero-order chi connectivity index (χ0) is 17.3. The Labute approximate surface area is 152 Å². The number of hydrogen-bond acceptors (Lipinski definition) is 0. The number of aryl methyl sites for hydroxylation is 1. The van der Waals surface area contributed by atoms with Gasteiger partial charge in [0.1, 0.15) is 0 Å². The molecular weight excluding hydrogens is 314 g/mol. The highest BCUT2D eigenvalue weighted by molar-refractivity contribution is 6.18. The van der Waals surface area contributed by atoms with Gasteiger partial charge in [0.15, 0.2) is 0 Å². The average Bonchev–Trinajstić information content (AvgIpc) is 3.21. The van der Waals surface area contributed by atoms with Crippen LogP contribution < -0.4 is 0 Å². The van der Waals surface area contributed by atoms with E-state index >= 15 is 0 Å². The van der Waals surface area contributed by atoms with Gasteiger partial charge < -0.3 is 4.57 Å². The van der Waals surface area contributed by atoms with Crippen LogP contribution in [0.3, 0.4) is 0 Å². The molecule has 0 unspecified atom stereocenters. The Hall–Kier alpha value is -3.06. The van der Waals surface area contributed by atoms with E-state index in [-0.39, 0.29) is 0 Å². The Balaban J connectivity index is 1.79. The molecular formula is C25H19N. The summed E-state index contributed by atoms with van der Waals surface area (Å²) in [5.74, 6) is 0. The molecule has 1 heteroatoms. The third-order valence-electron chi connectivity index (χ3n) is 5.98. The number of fused-ring (bicyclic) bond motifs is 8. The summed E-state index contributed by atoms with van der Waals surface area (Å²) >= 11 is 0. The predicted molar refractivity (Wildman–Crippen MR) is 111 cm³/mol. The van der Waals surface area contributed by atoms with E-state index in [2.05, 4.69) is 84.3 Å². The summed E-state index contributed by atoms with van der Waals surface area (Å²) < 4.78 is 2.50. The van der Waals surface area contributed by atoms with E-state index in [0.717, 1.165) is 13.0 Å². The second kappa shape index (κ2) is 4.98. The van der Waals surface area contributed by atoms with Crippen LogP contribution in [-0.2, 0) is 13.0 Å². The molecule has 1 heterocycles. The lowest BCUT2D eigenvalue weighted by molar-refractivity contribution is 0.829. The van der Waals surface area contributed by atoms with Crippen LogP contribution >= 0.6 is 0 Å². The number of hydrogen-bond donors (Lipinski definition) is 0. The van der Waals surface area contributed by atoms with Crippen molar-refractivity contribution in [1.82, 2.24) is 4.57 Å². The van der Waals surface area contributed by atoms with Gasteiger partial charge in [-0.15, -0.1) is 0 Å². The number of rotatable bonds is 1. The molecule has 1 aromatic heterocycles. The molecule has 4 aromatic carbocycles. The minimum atomic E-state index is 0.986. The van der Waals surface area contributed by atoms with Gasteiger partial charge in [0, 0.05) is 28.2 Å². The number of nitrogens with zero attached hydrogens (tertiary/aromatic N) is 1. The highest BCUT2D eigenvalue weighted by atomic mass is 15.0. The van der Waals surface area contributed by atoms with Gasteiger partial charge in [-0.05, 0) is 53.1 Å². The van der Waals surface area contributed by atoms with Crippen LogP contribution in [0, 0.1) is 0 Å². The lowest BCUT2D eigenvalue weighted by Crippen LogP contribution is -1.94. The van der Waals surface area contributed by atoms with Gasteiger partial charge in [-0.3, -0.25) is 0 Å². The molecule has 124 valence electrons. The zero-order valence-corrected chi connectivity index (χ0v) is 14.8. The van der Waals surface area contributed by atoms with Crippen molar-refractivity contribution in [3.8, 4) is 11.1 Å². The Morgan fingerprint density at radius 3 is 2.50 bits per heavy atom. The Kier molecular flexibility index (Phi) is 2.71. The molecule has 0 spiro atoms. The second-order valence-corrected chi connectivity index (χ2v) is 7.29. The number of aromatic nitrogens is 1. The molecule has 1 aliphatic carbocycles. The molecule has 0 fully saturated rings. The molecule has 0 N–H and O–H groups in total. The molecule has 0 saturated heterocycles. The molecule has 0 bridgehead atoms. The van der Waals surface area contributed by atoms with E-state index < -0.39 is 0 Å². The first-order valence-corrected chi connectivity index (χ1v) is 9.40. The first kappa shape index (κ1) is 14.1.